The molecule has 0 aromatic rings. The molecule has 0 bridgehead atoms. The van der Waals surface area contributed by atoms with Gasteiger partial charge in [0.25, 0.3) is 5.91 Å². The first-order valence-electron chi connectivity index (χ1n) is 2.77. The molecule has 12 heavy (non-hydrogen) atoms. The number of nitrogens with one attached hydrogen (secondary N) is 2. The maximum atomic E-state index is 12.5. The van der Waals surface area contributed by atoms with Crippen LogP contribution in [0.15, 0.2) is 11.5 Å². The van der Waals surface area contributed by atoms with Crippen LogP contribution in [0.25, 0.3) is 0 Å². The number of hydrogen-bond donors (Lipinski definition) is 3. The Bertz CT molecular complexity index is 309. The highest BCUT2D eigenvalue weighted by molar-refractivity contribution is 6.14. The van der Waals surface area contributed by atoms with Crippen molar-refractivity contribution >= 4 is 17.9 Å². The van der Waals surface area contributed by atoms with Gasteiger partial charge in [-0.25, -0.2) is 9.59 Å². The Morgan fingerprint density at radius 3 is 2.25 bits per heavy atom. The van der Waals surface area contributed by atoms with Gasteiger partial charge in [0, 0.05) is 0 Å². The van der Waals surface area contributed by atoms with Crippen molar-refractivity contribution in [3.05, 3.63) is 11.5 Å². The standard InChI is InChI=1S/C5H3FN2O4/c6-1(4(10)11)2-3(9)8-5(12)7-2/h(H,10,11)(H2,7,8,9,12)/b2-1-. The van der Waals surface area contributed by atoms with Crippen LogP contribution in [-0.2, 0) is 9.59 Å². The van der Waals surface area contributed by atoms with E-state index in [-0.39, 0.29) is 0 Å². The number of carboxylic acids is 1. The molecule has 7 heteroatoms. The van der Waals surface area contributed by atoms with Crippen molar-refractivity contribution in [1.29, 1.82) is 0 Å². The Labute approximate surface area is 65.0 Å². The second-order valence-corrected chi connectivity index (χ2v) is 1.90. The van der Waals surface area contributed by atoms with Crippen LogP contribution in [0.4, 0.5) is 9.18 Å². The van der Waals surface area contributed by atoms with Crippen LogP contribution in [-0.4, -0.2) is 23.0 Å². The minimum Gasteiger partial charge on any atom is -0.476 e. The predicted molar refractivity (Wildman–Crippen MR) is 32.4 cm³/mol. The highest BCUT2D eigenvalue weighted by Gasteiger charge is 2.29. The zero-order chi connectivity index (χ0) is 9.30. The number of urea groups is 1. The molecule has 0 aromatic carbocycles. The number of carbonyl (C=O) groups is 3. The summed E-state index contributed by atoms with van der Waals surface area (Å²) in [7, 11) is 0. The maximum absolute atomic E-state index is 12.5. The zero-order valence-electron chi connectivity index (χ0n) is 5.55. The van der Waals surface area contributed by atoms with Crippen LogP contribution in [0.2, 0.25) is 0 Å². The Morgan fingerprint density at radius 1 is 1.33 bits per heavy atom. The van der Waals surface area contributed by atoms with Crippen LogP contribution in [0.1, 0.15) is 0 Å². The van der Waals surface area contributed by atoms with Gasteiger partial charge in [-0.1, -0.05) is 0 Å². The molecule has 0 radical (unpaired) electrons. The van der Waals surface area contributed by atoms with Crippen molar-refractivity contribution in [3.63, 3.8) is 0 Å². The summed E-state index contributed by atoms with van der Waals surface area (Å²) in [5, 5.41) is 11.4. The van der Waals surface area contributed by atoms with Gasteiger partial charge in [0.1, 0.15) is 0 Å². The average Bonchev–Trinajstić information content (AvgIpc) is 2.28. The predicted octanol–water partition coefficient (Wildman–Crippen LogP) is -0.909. The fraction of sp³-hybridized carbons (Fsp3) is 0. The lowest BCUT2D eigenvalue weighted by Crippen LogP contribution is -2.22. The molecule has 3 amide bonds. The summed E-state index contributed by atoms with van der Waals surface area (Å²) >= 11 is 0. The number of halogens is 1. The summed E-state index contributed by atoms with van der Waals surface area (Å²) in [6, 6.07) is -0.939. The molecule has 64 valence electrons. The molecular weight excluding hydrogens is 171 g/mol. The molecule has 1 fully saturated rings. The lowest BCUT2D eigenvalue weighted by atomic mass is 10.4. The number of amides is 3. The SMILES string of the molecule is O=C1NC(=O)/C(=C(/F)C(=O)O)N1. The number of rotatable bonds is 1. The third-order valence-electron chi connectivity index (χ3n) is 1.10. The lowest BCUT2D eigenvalue weighted by Gasteiger charge is -1.92. The van der Waals surface area contributed by atoms with Gasteiger partial charge >= 0.3 is 12.0 Å². The topological polar surface area (TPSA) is 95.5 Å². The largest absolute Gasteiger partial charge is 0.476 e. The number of aliphatic carboxylic acids is 1. The van der Waals surface area contributed by atoms with Gasteiger partial charge in [-0.15, -0.1) is 0 Å². The molecule has 6 nitrogen and oxygen atoms in total. The summed E-state index contributed by atoms with van der Waals surface area (Å²) in [5.41, 5.74) is -0.868. The van der Waals surface area contributed by atoms with E-state index in [1.807, 2.05) is 0 Å². The third kappa shape index (κ3) is 1.24. The van der Waals surface area contributed by atoms with Crippen molar-refractivity contribution in [1.82, 2.24) is 10.6 Å². The molecule has 0 spiro atoms. The normalized spacial score (nSPS) is 20.1. The van der Waals surface area contributed by atoms with E-state index >= 15 is 0 Å². The minimum atomic E-state index is -1.90. The van der Waals surface area contributed by atoms with E-state index in [4.69, 9.17) is 5.11 Å². The highest BCUT2D eigenvalue weighted by atomic mass is 19.1. The van der Waals surface area contributed by atoms with E-state index in [2.05, 4.69) is 0 Å². The van der Waals surface area contributed by atoms with Crippen LogP contribution in [0, 0.1) is 0 Å². The van der Waals surface area contributed by atoms with Crippen molar-refractivity contribution < 1.29 is 23.9 Å². The second-order valence-electron chi connectivity index (χ2n) is 1.90. The summed E-state index contributed by atoms with van der Waals surface area (Å²) < 4.78 is 12.5. The van der Waals surface area contributed by atoms with Crippen LogP contribution < -0.4 is 10.6 Å². The Hall–Kier alpha value is -1.92. The molecule has 0 atom stereocenters. The summed E-state index contributed by atoms with van der Waals surface area (Å²) in [6.45, 7) is 0. The Balaban J connectivity index is 3.03. The molecule has 1 heterocycles. The van der Waals surface area contributed by atoms with Crippen molar-refractivity contribution in [2.75, 3.05) is 0 Å². The van der Waals surface area contributed by atoms with Crippen molar-refractivity contribution in [2.45, 2.75) is 0 Å². The van der Waals surface area contributed by atoms with Crippen LogP contribution >= 0.6 is 0 Å². The highest BCUT2D eigenvalue weighted by Crippen LogP contribution is 2.07. The van der Waals surface area contributed by atoms with Crippen LogP contribution in [0.3, 0.4) is 0 Å². The molecule has 1 saturated heterocycles. The quantitative estimate of drug-likeness (QED) is 0.354. The third-order valence-corrected chi connectivity index (χ3v) is 1.10. The molecule has 0 aliphatic carbocycles. The van der Waals surface area contributed by atoms with E-state index in [0.29, 0.717) is 0 Å². The minimum absolute atomic E-state index is 0.868. The van der Waals surface area contributed by atoms with E-state index in [0.717, 1.165) is 0 Å². The molecule has 0 aromatic heterocycles. The first kappa shape index (κ1) is 8.18. The number of imide groups is 1. The number of carbonyl (C=O) groups excluding carboxylic acids is 2. The van der Waals surface area contributed by atoms with E-state index in [1.165, 1.54) is 0 Å². The maximum Gasteiger partial charge on any atom is 0.367 e. The van der Waals surface area contributed by atoms with Gasteiger partial charge in [0.05, 0.1) is 0 Å². The summed E-state index contributed by atoms with van der Waals surface area (Å²) in [5.74, 6) is -4.67. The van der Waals surface area contributed by atoms with Gasteiger partial charge in [0.2, 0.25) is 5.83 Å². The smallest absolute Gasteiger partial charge is 0.367 e. The van der Waals surface area contributed by atoms with E-state index in [1.54, 1.807) is 10.6 Å². The van der Waals surface area contributed by atoms with Gasteiger partial charge < -0.3 is 10.4 Å². The van der Waals surface area contributed by atoms with Gasteiger partial charge in [-0.05, 0) is 0 Å². The van der Waals surface area contributed by atoms with Crippen molar-refractivity contribution in [3.8, 4) is 0 Å². The number of hydrogen-bond acceptors (Lipinski definition) is 3. The first-order valence-corrected chi connectivity index (χ1v) is 2.77. The molecule has 1 aliphatic rings. The molecule has 0 unspecified atom stereocenters. The molecule has 0 saturated carbocycles. The fourth-order valence-corrected chi connectivity index (χ4v) is 0.629. The van der Waals surface area contributed by atoms with Crippen molar-refractivity contribution in [2.24, 2.45) is 0 Å². The number of carboxylic acid groups (broad SMARTS) is 1. The monoisotopic (exact) mass is 174 g/mol. The molecule has 1 rings (SSSR count). The summed E-state index contributed by atoms with van der Waals surface area (Å²) in [4.78, 5) is 30.9. The fourth-order valence-electron chi connectivity index (χ4n) is 0.629. The molecule has 3 N–H and O–H groups in total. The van der Waals surface area contributed by atoms with Gasteiger partial charge in [-0.2, -0.15) is 4.39 Å². The zero-order valence-corrected chi connectivity index (χ0v) is 5.55. The Morgan fingerprint density at radius 2 is 1.92 bits per heavy atom. The van der Waals surface area contributed by atoms with E-state index < -0.39 is 29.4 Å². The molecular formula is C5H3FN2O4. The second kappa shape index (κ2) is 2.61. The van der Waals surface area contributed by atoms with E-state index in [9.17, 15) is 18.8 Å². The first-order chi connectivity index (χ1) is 5.52. The summed E-state index contributed by atoms with van der Waals surface area (Å²) in [6.07, 6.45) is 0. The molecule has 1 aliphatic heterocycles. The van der Waals surface area contributed by atoms with Crippen LogP contribution in [0.5, 0.6) is 0 Å². The van der Waals surface area contributed by atoms with Gasteiger partial charge in [0.15, 0.2) is 5.70 Å². The lowest BCUT2D eigenvalue weighted by molar-refractivity contribution is -0.134. The Kier molecular flexibility index (Phi) is 1.78. The van der Waals surface area contributed by atoms with Gasteiger partial charge in [-0.3, -0.25) is 10.1 Å². The average molecular weight is 174 g/mol.